The van der Waals surface area contributed by atoms with Crippen molar-refractivity contribution in [2.75, 3.05) is 19.6 Å². The van der Waals surface area contributed by atoms with E-state index in [1.54, 1.807) is 0 Å². The van der Waals surface area contributed by atoms with E-state index in [0.29, 0.717) is 0 Å². The lowest BCUT2D eigenvalue weighted by molar-refractivity contribution is 0.0875. The van der Waals surface area contributed by atoms with Crippen LogP contribution < -0.4 is 0 Å². The number of benzene rings is 1. The maximum atomic E-state index is 10.4. The van der Waals surface area contributed by atoms with Gasteiger partial charge in [0.1, 0.15) is 0 Å². The fraction of sp³-hybridized carbons (Fsp3) is 0.625. The van der Waals surface area contributed by atoms with E-state index in [9.17, 15) is 5.11 Å². The molecule has 1 saturated heterocycles. The van der Waals surface area contributed by atoms with Gasteiger partial charge in [0.05, 0.1) is 6.10 Å². The molecule has 0 aromatic heterocycles. The molecule has 2 atom stereocenters. The SMILES string of the molecule is Cc1cc(C)cc(C(O)CN2CCCC(C)C2)c1. The quantitative estimate of drug-likeness (QED) is 0.887. The first kappa shape index (κ1) is 13.6. The molecule has 1 aliphatic heterocycles. The van der Waals surface area contributed by atoms with Crippen molar-refractivity contribution < 1.29 is 5.11 Å². The van der Waals surface area contributed by atoms with Gasteiger partial charge >= 0.3 is 0 Å². The van der Waals surface area contributed by atoms with Crippen LogP contribution in [0.3, 0.4) is 0 Å². The summed E-state index contributed by atoms with van der Waals surface area (Å²) < 4.78 is 0. The van der Waals surface area contributed by atoms with Crippen LogP contribution in [0.1, 0.15) is 42.6 Å². The fourth-order valence-corrected chi connectivity index (χ4v) is 3.00. The largest absolute Gasteiger partial charge is 0.387 e. The maximum absolute atomic E-state index is 10.4. The fourth-order valence-electron chi connectivity index (χ4n) is 3.00. The van der Waals surface area contributed by atoms with Gasteiger partial charge in [-0.15, -0.1) is 0 Å². The first-order valence-electron chi connectivity index (χ1n) is 7.03. The predicted molar refractivity (Wildman–Crippen MR) is 75.7 cm³/mol. The van der Waals surface area contributed by atoms with Gasteiger partial charge in [0.2, 0.25) is 0 Å². The van der Waals surface area contributed by atoms with Gasteiger partial charge in [0.25, 0.3) is 0 Å². The molecule has 1 aromatic rings. The second kappa shape index (κ2) is 5.85. The van der Waals surface area contributed by atoms with Crippen molar-refractivity contribution in [3.05, 3.63) is 34.9 Å². The Hall–Kier alpha value is -0.860. The number of likely N-dealkylation sites (tertiary alicyclic amines) is 1. The van der Waals surface area contributed by atoms with Crippen LogP contribution in [0.15, 0.2) is 18.2 Å². The summed E-state index contributed by atoms with van der Waals surface area (Å²) in [7, 11) is 0. The van der Waals surface area contributed by atoms with Crippen molar-refractivity contribution >= 4 is 0 Å². The standard InChI is InChI=1S/C16H25NO/c1-12-5-4-6-17(10-12)11-16(18)15-8-13(2)7-14(3)9-15/h7-9,12,16,18H,4-6,10-11H2,1-3H3. The van der Waals surface area contributed by atoms with E-state index < -0.39 is 0 Å². The monoisotopic (exact) mass is 247 g/mol. The second-order valence-corrected chi connectivity index (χ2v) is 5.94. The Labute approximate surface area is 111 Å². The van der Waals surface area contributed by atoms with Gasteiger partial charge in [0.15, 0.2) is 0 Å². The molecule has 1 fully saturated rings. The molecule has 2 heteroatoms. The highest BCUT2D eigenvalue weighted by atomic mass is 16.3. The molecule has 1 N–H and O–H groups in total. The number of β-amino-alcohol motifs (C(OH)–C–C–N with tert-alkyl or cyclic N) is 1. The Morgan fingerprint density at radius 3 is 2.56 bits per heavy atom. The Kier molecular flexibility index (Phi) is 4.41. The van der Waals surface area contributed by atoms with Crippen LogP contribution in [-0.2, 0) is 0 Å². The van der Waals surface area contributed by atoms with Crippen LogP contribution in [0.25, 0.3) is 0 Å². The molecule has 1 aromatic carbocycles. The van der Waals surface area contributed by atoms with E-state index in [2.05, 4.69) is 43.9 Å². The Balaban J connectivity index is 2.00. The maximum Gasteiger partial charge on any atom is 0.0917 e. The molecule has 0 saturated carbocycles. The zero-order chi connectivity index (χ0) is 13.1. The van der Waals surface area contributed by atoms with Gasteiger partial charge in [0, 0.05) is 13.1 Å². The van der Waals surface area contributed by atoms with Crippen LogP contribution in [-0.4, -0.2) is 29.6 Å². The van der Waals surface area contributed by atoms with Crippen molar-refractivity contribution in [1.82, 2.24) is 4.90 Å². The highest BCUT2D eigenvalue weighted by molar-refractivity contribution is 5.30. The molecule has 2 unspecified atom stereocenters. The Bertz CT molecular complexity index is 382. The van der Waals surface area contributed by atoms with E-state index in [1.807, 2.05) is 0 Å². The number of rotatable bonds is 3. The van der Waals surface area contributed by atoms with Crippen molar-refractivity contribution in [2.45, 2.75) is 39.7 Å². The summed E-state index contributed by atoms with van der Waals surface area (Å²) >= 11 is 0. The molecule has 0 radical (unpaired) electrons. The number of nitrogens with zero attached hydrogens (tertiary/aromatic N) is 1. The van der Waals surface area contributed by atoms with Crippen LogP contribution in [0.2, 0.25) is 0 Å². The number of aliphatic hydroxyl groups is 1. The lowest BCUT2D eigenvalue weighted by atomic mass is 9.98. The van der Waals surface area contributed by atoms with Gasteiger partial charge < -0.3 is 10.0 Å². The first-order valence-corrected chi connectivity index (χ1v) is 7.03. The van der Waals surface area contributed by atoms with E-state index >= 15 is 0 Å². The summed E-state index contributed by atoms with van der Waals surface area (Å²) in [6, 6.07) is 6.36. The summed E-state index contributed by atoms with van der Waals surface area (Å²) in [5.41, 5.74) is 3.53. The molecule has 2 rings (SSSR count). The average molecular weight is 247 g/mol. The average Bonchev–Trinajstić information content (AvgIpc) is 2.27. The van der Waals surface area contributed by atoms with Gasteiger partial charge in [-0.05, 0) is 44.7 Å². The molecule has 0 spiro atoms. The molecular formula is C16H25NO. The van der Waals surface area contributed by atoms with Gasteiger partial charge in [-0.2, -0.15) is 0 Å². The van der Waals surface area contributed by atoms with E-state index in [-0.39, 0.29) is 6.10 Å². The van der Waals surface area contributed by atoms with Gasteiger partial charge in [-0.3, -0.25) is 0 Å². The van der Waals surface area contributed by atoms with Gasteiger partial charge in [-0.1, -0.05) is 36.2 Å². The van der Waals surface area contributed by atoms with Crippen molar-refractivity contribution in [3.63, 3.8) is 0 Å². The summed E-state index contributed by atoms with van der Waals surface area (Å²) in [4.78, 5) is 2.40. The normalized spacial score (nSPS) is 23.0. The summed E-state index contributed by atoms with van der Waals surface area (Å²) in [5.74, 6) is 0.769. The minimum absolute atomic E-state index is 0.353. The van der Waals surface area contributed by atoms with Gasteiger partial charge in [-0.25, -0.2) is 0 Å². The minimum Gasteiger partial charge on any atom is -0.387 e. The Morgan fingerprint density at radius 2 is 1.94 bits per heavy atom. The molecular weight excluding hydrogens is 222 g/mol. The molecule has 0 amide bonds. The smallest absolute Gasteiger partial charge is 0.0917 e. The van der Waals surface area contributed by atoms with Crippen molar-refractivity contribution in [3.8, 4) is 0 Å². The summed E-state index contributed by atoms with van der Waals surface area (Å²) in [6.45, 7) is 9.51. The molecule has 0 bridgehead atoms. The topological polar surface area (TPSA) is 23.5 Å². The highest BCUT2D eigenvalue weighted by Crippen LogP contribution is 2.21. The van der Waals surface area contributed by atoms with Crippen LogP contribution in [0, 0.1) is 19.8 Å². The third kappa shape index (κ3) is 3.56. The predicted octanol–water partition coefficient (Wildman–Crippen LogP) is 3.07. The highest BCUT2D eigenvalue weighted by Gasteiger charge is 2.19. The zero-order valence-electron chi connectivity index (χ0n) is 11.8. The summed E-state index contributed by atoms with van der Waals surface area (Å²) in [5, 5.41) is 10.4. The molecule has 1 aliphatic rings. The Morgan fingerprint density at radius 1 is 1.28 bits per heavy atom. The molecule has 1 heterocycles. The number of aryl methyl sites for hydroxylation is 2. The third-order valence-corrected chi connectivity index (χ3v) is 3.80. The van der Waals surface area contributed by atoms with Crippen LogP contribution in [0.4, 0.5) is 0 Å². The lowest BCUT2D eigenvalue weighted by Crippen LogP contribution is -2.37. The number of hydrogen-bond acceptors (Lipinski definition) is 2. The second-order valence-electron chi connectivity index (χ2n) is 5.94. The lowest BCUT2D eigenvalue weighted by Gasteiger charge is -2.32. The molecule has 18 heavy (non-hydrogen) atoms. The van der Waals surface area contributed by atoms with E-state index in [1.165, 1.54) is 24.0 Å². The minimum atomic E-state index is -0.353. The number of piperidine rings is 1. The van der Waals surface area contributed by atoms with Crippen LogP contribution >= 0.6 is 0 Å². The van der Waals surface area contributed by atoms with Crippen molar-refractivity contribution in [1.29, 1.82) is 0 Å². The number of hydrogen-bond donors (Lipinski definition) is 1. The first-order chi connectivity index (χ1) is 8.54. The molecule has 100 valence electrons. The summed E-state index contributed by atoms with van der Waals surface area (Å²) in [6.07, 6.45) is 2.24. The zero-order valence-corrected chi connectivity index (χ0v) is 11.8. The third-order valence-electron chi connectivity index (χ3n) is 3.80. The van der Waals surface area contributed by atoms with Crippen LogP contribution in [0.5, 0.6) is 0 Å². The van der Waals surface area contributed by atoms with Crippen molar-refractivity contribution in [2.24, 2.45) is 5.92 Å². The number of aliphatic hydroxyl groups excluding tert-OH is 1. The van der Waals surface area contributed by atoms with E-state index in [4.69, 9.17) is 0 Å². The molecule has 2 nitrogen and oxygen atoms in total. The molecule has 0 aliphatic carbocycles. The van der Waals surface area contributed by atoms with E-state index in [0.717, 1.165) is 31.1 Å².